The summed E-state index contributed by atoms with van der Waals surface area (Å²) in [5.41, 5.74) is 0.517. The Morgan fingerprint density at radius 3 is 2.79 bits per heavy atom. The second-order valence-electron chi connectivity index (χ2n) is 4.93. The maximum Gasteiger partial charge on any atom is 0.255 e. The van der Waals surface area contributed by atoms with Gasteiger partial charge in [-0.3, -0.25) is 4.79 Å². The van der Waals surface area contributed by atoms with Crippen LogP contribution < -0.4 is 10.2 Å². The van der Waals surface area contributed by atoms with Gasteiger partial charge in [0.15, 0.2) is 0 Å². The molecule has 0 radical (unpaired) electrons. The number of aliphatic hydroxyl groups is 1. The molecule has 0 aliphatic rings. The van der Waals surface area contributed by atoms with Crippen molar-refractivity contribution in [3.63, 3.8) is 0 Å². The smallest absolute Gasteiger partial charge is 0.255 e. The molecule has 0 saturated carbocycles. The zero-order chi connectivity index (χ0) is 14.4. The molecule has 0 spiro atoms. The van der Waals surface area contributed by atoms with E-state index in [2.05, 4.69) is 10.3 Å². The van der Waals surface area contributed by atoms with Gasteiger partial charge in [-0.2, -0.15) is 0 Å². The molecule has 2 unspecified atom stereocenters. The van der Waals surface area contributed by atoms with Gasteiger partial charge in [0.05, 0.1) is 11.7 Å². The van der Waals surface area contributed by atoms with Crippen LogP contribution in [0.4, 0.5) is 5.82 Å². The highest BCUT2D eigenvalue weighted by Gasteiger charge is 2.17. The number of aromatic nitrogens is 1. The lowest BCUT2D eigenvalue weighted by Crippen LogP contribution is -2.36. The topological polar surface area (TPSA) is 65.5 Å². The maximum atomic E-state index is 12.1. The van der Waals surface area contributed by atoms with Crippen LogP contribution in [0.25, 0.3) is 0 Å². The first-order valence-electron chi connectivity index (χ1n) is 6.56. The third-order valence-corrected chi connectivity index (χ3v) is 3.23. The first kappa shape index (κ1) is 15.4. The Morgan fingerprint density at radius 2 is 2.21 bits per heavy atom. The lowest BCUT2D eigenvalue weighted by molar-refractivity contribution is 0.0850. The summed E-state index contributed by atoms with van der Waals surface area (Å²) in [6.45, 7) is 4.24. The van der Waals surface area contributed by atoms with Crippen molar-refractivity contribution >= 4 is 11.7 Å². The first-order chi connectivity index (χ1) is 8.97. The number of hydrogen-bond donors (Lipinski definition) is 2. The zero-order valence-corrected chi connectivity index (χ0v) is 12.1. The van der Waals surface area contributed by atoms with Gasteiger partial charge in [0.2, 0.25) is 0 Å². The number of anilines is 1. The molecule has 2 atom stereocenters. The Bertz CT molecular complexity index is 421. The van der Waals surface area contributed by atoms with Gasteiger partial charge in [0.1, 0.15) is 5.82 Å². The monoisotopic (exact) mass is 265 g/mol. The molecule has 1 aromatic heterocycles. The summed E-state index contributed by atoms with van der Waals surface area (Å²) in [6, 6.07) is 3.46. The van der Waals surface area contributed by atoms with Crippen molar-refractivity contribution in [2.75, 3.05) is 25.5 Å². The highest BCUT2D eigenvalue weighted by atomic mass is 16.3. The van der Waals surface area contributed by atoms with E-state index in [4.69, 9.17) is 0 Å². The van der Waals surface area contributed by atoms with Crippen LogP contribution in [0.5, 0.6) is 0 Å². The molecule has 0 aliphatic carbocycles. The summed E-state index contributed by atoms with van der Waals surface area (Å²) in [6.07, 6.45) is 2.01. The van der Waals surface area contributed by atoms with Crippen molar-refractivity contribution in [1.82, 2.24) is 10.3 Å². The van der Waals surface area contributed by atoms with Gasteiger partial charge in [-0.25, -0.2) is 4.98 Å². The Morgan fingerprint density at radius 1 is 1.53 bits per heavy atom. The number of carbonyl (C=O) groups is 1. The van der Waals surface area contributed by atoms with Crippen LogP contribution >= 0.6 is 0 Å². The van der Waals surface area contributed by atoms with Crippen molar-refractivity contribution in [3.8, 4) is 0 Å². The maximum absolute atomic E-state index is 12.1. The molecule has 1 rings (SSSR count). The SMILES string of the molecule is CCC(C)C(O)CNC(=O)c1cccnc1N(C)C. The molecule has 106 valence electrons. The average Bonchev–Trinajstić information content (AvgIpc) is 2.43. The van der Waals surface area contributed by atoms with Crippen LogP contribution in [0.1, 0.15) is 30.6 Å². The summed E-state index contributed by atoms with van der Waals surface area (Å²) in [4.78, 5) is 18.1. The molecule has 0 saturated heterocycles. The fourth-order valence-corrected chi connectivity index (χ4v) is 1.70. The number of nitrogens with one attached hydrogen (secondary N) is 1. The lowest BCUT2D eigenvalue weighted by atomic mass is 10.0. The van der Waals surface area contributed by atoms with Crippen LogP contribution in [-0.4, -0.2) is 42.7 Å². The van der Waals surface area contributed by atoms with E-state index in [9.17, 15) is 9.90 Å². The van der Waals surface area contributed by atoms with Gasteiger partial charge in [0.25, 0.3) is 5.91 Å². The van der Waals surface area contributed by atoms with Crippen LogP contribution in [0.3, 0.4) is 0 Å². The van der Waals surface area contributed by atoms with Gasteiger partial charge in [0, 0.05) is 26.8 Å². The van der Waals surface area contributed by atoms with Gasteiger partial charge in [-0.1, -0.05) is 20.3 Å². The van der Waals surface area contributed by atoms with E-state index in [1.807, 2.05) is 27.9 Å². The first-order valence-corrected chi connectivity index (χ1v) is 6.56. The number of nitrogens with zero attached hydrogens (tertiary/aromatic N) is 2. The third-order valence-electron chi connectivity index (χ3n) is 3.23. The molecule has 0 bridgehead atoms. The zero-order valence-electron chi connectivity index (χ0n) is 12.1. The minimum Gasteiger partial charge on any atom is -0.391 e. The van der Waals surface area contributed by atoms with Crippen molar-refractivity contribution in [1.29, 1.82) is 0 Å². The fraction of sp³-hybridized carbons (Fsp3) is 0.571. The quantitative estimate of drug-likeness (QED) is 0.813. The van der Waals surface area contributed by atoms with Crippen molar-refractivity contribution in [3.05, 3.63) is 23.9 Å². The molecule has 0 aromatic carbocycles. The van der Waals surface area contributed by atoms with E-state index >= 15 is 0 Å². The Hall–Kier alpha value is -1.62. The largest absolute Gasteiger partial charge is 0.391 e. The van der Waals surface area contributed by atoms with Gasteiger partial charge in [-0.15, -0.1) is 0 Å². The fourth-order valence-electron chi connectivity index (χ4n) is 1.70. The van der Waals surface area contributed by atoms with E-state index < -0.39 is 6.10 Å². The van der Waals surface area contributed by atoms with Gasteiger partial charge < -0.3 is 15.3 Å². The lowest BCUT2D eigenvalue weighted by Gasteiger charge is -2.19. The van der Waals surface area contributed by atoms with Crippen LogP contribution in [0.15, 0.2) is 18.3 Å². The molecular weight excluding hydrogens is 242 g/mol. The molecule has 0 fully saturated rings. The summed E-state index contributed by atoms with van der Waals surface area (Å²) in [7, 11) is 3.68. The predicted octanol–water partition coefficient (Wildman–Crippen LogP) is 1.28. The standard InChI is InChI=1S/C14H23N3O2/c1-5-10(2)12(18)9-16-14(19)11-7-6-8-15-13(11)17(3)4/h6-8,10,12,18H,5,9H2,1-4H3,(H,16,19). The second-order valence-corrected chi connectivity index (χ2v) is 4.93. The van der Waals surface area contributed by atoms with E-state index in [0.717, 1.165) is 6.42 Å². The number of hydrogen-bond acceptors (Lipinski definition) is 4. The van der Waals surface area contributed by atoms with Gasteiger partial charge in [-0.05, 0) is 18.1 Å². The molecule has 2 N–H and O–H groups in total. The number of aliphatic hydroxyl groups excluding tert-OH is 1. The molecule has 0 aliphatic heterocycles. The Balaban J connectivity index is 2.69. The van der Waals surface area contributed by atoms with Crippen molar-refractivity contribution in [2.45, 2.75) is 26.4 Å². The highest BCUT2D eigenvalue weighted by molar-refractivity contribution is 5.98. The number of rotatable bonds is 6. The summed E-state index contributed by atoms with van der Waals surface area (Å²) in [5, 5.41) is 12.6. The van der Waals surface area contributed by atoms with Crippen LogP contribution in [0, 0.1) is 5.92 Å². The molecule has 1 heterocycles. The summed E-state index contributed by atoms with van der Waals surface area (Å²) >= 11 is 0. The molecule has 1 aromatic rings. The van der Waals surface area contributed by atoms with E-state index in [1.54, 1.807) is 23.2 Å². The molecular formula is C14H23N3O2. The van der Waals surface area contributed by atoms with E-state index in [0.29, 0.717) is 11.4 Å². The molecule has 5 nitrogen and oxygen atoms in total. The Labute approximate surface area is 114 Å². The second kappa shape index (κ2) is 7.09. The number of amides is 1. The average molecular weight is 265 g/mol. The Kier molecular flexibility index (Phi) is 5.76. The van der Waals surface area contributed by atoms with Crippen molar-refractivity contribution in [2.24, 2.45) is 5.92 Å². The van der Waals surface area contributed by atoms with Crippen LogP contribution in [-0.2, 0) is 0 Å². The number of pyridine rings is 1. The van der Waals surface area contributed by atoms with Crippen molar-refractivity contribution < 1.29 is 9.90 Å². The summed E-state index contributed by atoms with van der Waals surface area (Å²) < 4.78 is 0. The minimum absolute atomic E-state index is 0.169. The predicted molar refractivity (Wildman–Crippen MR) is 76.4 cm³/mol. The van der Waals surface area contributed by atoms with E-state index in [1.165, 1.54) is 0 Å². The molecule has 1 amide bonds. The molecule has 5 heteroatoms. The van der Waals surface area contributed by atoms with E-state index in [-0.39, 0.29) is 18.4 Å². The number of carbonyl (C=O) groups excluding carboxylic acids is 1. The minimum atomic E-state index is -0.520. The summed E-state index contributed by atoms with van der Waals surface area (Å²) in [5.74, 6) is 0.583. The highest BCUT2D eigenvalue weighted by Crippen LogP contribution is 2.14. The third kappa shape index (κ3) is 4.21. The molecule has 19 heavy (non-hydrogen) atoms. The normalized spacial score (nSPS) is 13.7. The van der Waals surface area contributed by atoms with Crippen LogP contribution in [0.2, 0.25) is 0 Å². The van der Waals surface area contributed by atoms with Gasteiger partial charge >= 0.3 is 0 Å².